The highest BCUT2D eigenvalue weighted by molar-refractivity contribution is 5.58. The summed E-state index contributed by atoms with van der Waals surface area (Å²) in [5.74, 6) is 0.933. The van der Waals surface area contributed by atoms with Crippen molar-refractivity contribution in [1.82, 2.24) is 0 Å². The van der Waals surface area contributed by atoms with Crippen molar-refractivity contribution in [2.45, 2.75) is 31.9 Å². The van der Waals surface area contributed by atoms with Gasteiger partial charge in [-0.2, -0.15) is 0 Å². The molecule has 0 radical (unpaired) electrons. The Morgan fingerprint density at radius 2 is 2.00 bits per heavy atom. The highest BCUT2D eigenvalue weighted by Gasteiger charge is 2.19. The first kappa shape index (κ1) is 14.2. The number of rotatable bonds is 5. The third kappa shape index (κ3) is 3.85. The monoisotopic (exact) mass is 264 g/mol. The normalized spacial score (nSPS) is 18.4. The van der Waals surface area contributed by atoms with Gasteiger partial charge in [0.05, 0.1) is 12.3 Å². The molecule has 1 aromatic carbocycles. The van der Waals surface area contributed by atoms with E-state index in [1.807, 2.05) is 19.1 Å². The van der Waals surface area contributed by atoms with Crippen molar-refractivity contribution in [3.63, 3.8) is 0 Å². The zero-order valence-electron chi connectivity index (χ0n) is 11.8. The topological polar surface area (TPSA) is 47.7 Å². The smallest absolute Gasteiger partial charge is 0.143 e. The van der Waals surface area contributed by atoms with Gasteiger partial charge in [-0.1, -0.05) is 12.1 Å². The fraction of sp³-hybridized carbons (Fsp3) is 0.600. The van der Waals surface area contributed by atoms with Gasteiger partial charge in [-0.25, -0.2) is 0 Å². The molecule has 1 atom stereocenters. The molecule has 0 aromatic heterocycles. The van der Waals surface area contributed by atoms with Gasteiger partial charge in [0.25, 0.3) is 0 Å². The van der Waals surface area contributed by atoms with Crippen LogP contribution in [0.25, 0.3) is 0 Å². The Labute approximate surface area is 115 Å². The molecule has 0 amide bonds. The molecule has 19 heavy (non-hydrogen) atoms. The fourth-order valence-electron chi connectivity index (χ4n) is 2.44. The third-order valence-corrected chi connectivity index (χ3v) is 3.48. The molecule has 106 valence electrons. The lowest BCUT2D eigenvalue weighted by molar-refractivity contribution is 0.0923. The summed E-state index contributed by atoms with van der Waals surface area (Å²) in [5, 5.41) is 0. The number of nitrogens with zero attached hydrogens (tertiary/aromatic N) is 1. The minimum Gasteiger partial charge on any atom is -0.486 e. The predicted molar refractivity (Wildman–Crippen MR) is 77.8 cm³/mol. The van der Waals surface area contributed by atoms with E-state index in [-0.39, 0.29) is 6.10 Å². The van der Waals surface area contributed by atoms with Gasteiger partial charge in [-0.3, -0.25) is 0 Å². The van der Waals surface area contributed by atoms with Gasteiger partial charge < -0.3 is 20.1 Å². The number of para-hydroxylation sites is 2. The molecule has 2 N–H and O–H groups in total. The van der Waals surface area contributed by atoms with Gasteiger partial charge in [0, 0.05) is 26.2 Å². The summed E-state index contributed by atoms with van der Waals surface area (Å²) >= 11 is 0. The van der Waals surface area contributed by atoms with Gasteiger partial charge in [0.1, 0.15) is 11.9 Å². The molecular weight excluding hydrogens is 240 g/mol. The fourth-order valence-corrected chi connectivity index (χ4v) is 2.44. The van der Waals surface area contributed by atoms with Crippen molar-refractivity contribution in [3.05, 3.63) is 24.3 Å². The van der Waals surface area contributed by atoms with E-state index in [2.05, 4.69) is 17.0 Å². The Hall–Kier alpha value is -1.26. The van der Waals surface area contributed by atoms with Gasteiger partial charge in [0.15, 0.2) is 0 Å². The maximum Gasteiger partial charge on any atom is 0.143 e. The number of ether oxygens (including phenoxy) is 2. The predicted octanol–water partition coefficient (Wildman–Crippen LogP) is 2.03. The van der Waals surface area contributed by atoms with E-state index < -0.39 is 0 Å². The van der Waals surface area contributed by atoms with Crippen molar-refractivity contribution >= 4 is 5.69 Å². The lowest BCUT2D eigenvalue weighted by Gasteiger charge is -2.33. The number of nitrogens with two attached hydrogens (primary N) is 1. The third-order valence-electron chi connectivity index (χ3n) is 3.48. The second-order valence-corrected chi connectivity index (χ2v) is 5.18. The summed E-state index contributed by atoms with van der Waals surface area (Å²) in [4.78, 5) is 2.36. The van der Waals surface area contributed by atoms with E-state index in [1.165, 1.54) is 0 Å². The first-order valence-corrected chi connectivity index (χ1v) is 6.96. The van der Waals surface area contributed by atoms with Crippen LogP contribution in [-0.4, -0.2) is 39.0 Å². The molecule has 0 aliphatic carbocycles. The summed E-state index contributed by atoms with van der Waals surface area (Å²) in [7, 11) is 1.69. The average Bonchev–Trinajstić information content (AvgIpc) is 2.41. The van der Waals surface area contributed by atoms with E-state index in [0.717, 1.165) is 37.4 Å². The van der Waals surface area contributed by atoms with Crippen molar-refractivity contribution in [2.24, 2.45) is 5.73 Å². The second-order valence-electron chi connectivity index (χ2n) is 5.18. The first-order chi connectivity index (χ1) is 9.20. The molecule has 0 bridgehead atoms. The molecule has 1 saturated heterocycles. The lowest BCUT2D eigenvalue weighted by Crippen LogP contribution is -2.40. The number of anilines is 1. The van der Waals surface area contributed by atoms with Crippen LogP contribution < -0.4 is 15.4 Å². The molecule has 2 rings (SSSR count). The Kier molecular flexibility index (Phi) is 5.05. The molecule has 0 saturated carbocycles. The minimum absolute atomic E-state index is 0.0539. The van der Waals surface area contributed by atoms with E-state index in [1.54, 1.807) is 7.11 Å². The zero-order chi connectivity index (χ0) is 13.7. The maximum absolute atomic E-state index is 5.97. The maximum atomic E-state index is 5.97. The highest BCUT2D eigenvalue weighted by Crippen LogP contribution is 2.30. The summed E-state index contributed by atoms with van der Waals surface area (Å²) in [6, 6.07) is 8.55. The number of methoxy groups -OCH3 is 1. The van der Waals surface area contributed by atoms with Crippen molar-refractivity contribution in [2.75, 3.05) is 31.7 Å². The van der Waals surface area contributed by atoms with Crippen LogP contribution in [0.3, 0.4) is 0 Å². The summed E-state index contributed by atoms with van der Waals surface area (Å²) in [6.07, 6.45) is 2.14. The van der Waals surface area contributed by atoms with E-state index in [9.17, 15) is 0 Å². The average molecular weight is 264 g/mol. The summed E-state index contributed by atoms with van der Waals surface area (Å²) < 4.78 is 11.1. The van der Waals surface area contributed by atoms with Crippen LogP contribution in [0, 0.1) is 0 Å². The largest absolute Gasteiger partial charge is 0.486 e. The Balaban J connectivity index is 2.07. The molecule has 1 heterocycles. The summed E-state index contributed by atoms with van der Waals surface area (Å²) in [5.41, 5.74) is 7.12. The standard InChI is InChI=1S/C15H24N2O2/c1-12(11-18-2)19-15-6-4-3-5-14(15)17-9-7-13(16)8-10-17/h3-6,12-13H,7-11,16H2,1-2H3. The van der Waals surface area contributed by atoms with Crippen LogP contribution in [0.2, 0.25) is 0 Å². The Morgan fingerprint density at radius 3 is 2.68 bits per heavy atom. The van der Waals surface area contributed by atoms with E-state index in [4.69, 9.17) is 15.2 Å². The molecule has 1 aliphatic rings. The molecular formula is C15H24N2O2. The lowest BCUT2D eigenvalue weighted by atomic mass is 10.1. The number of hydrogen-bond donors (Lipinski definition) is 1. The molecule has 4 heteroatoms. The van der Waals surface area contributed by atoms with Crippen LogP contribution in [0.5, 0.6) is 5.75 Å². The van der Waals surface area contributed by atoms with E-state index in [0.29, 0.717) is 12.6 Å². The Morgan fingerprint density at radius 1 is 1.32 bits per heavy atom. The zero-order valence-corrected chi connectivity index (χ0v) is 11.8. The SMILES string of the molecule is COCC(C)Oc1ccccc1N1CCC(N)CC1. The van der Waals surface area contributed by atoms with Crippen LogP contribution in [-0.2, 0) is 4.74 Å². The van der Waals surface area contributed by atoms with Crippen molar-refractivity contribution in [3.8, 4) is 5.75 Å². The number of hydrogen-bond acceptors (Lipinski definition) is 4. The molecule has 0 spiro atoms. The van der Waals surface area contributed by atoms with Gasteiger partial charge >= 0.3 is 0 Å². The molecule has 1 aromatic rings. The number of benzene rings is 1. The van der Waals surface area contributed by atoms with Crippen molar-refractivity contribution in [1.29, 1.82) is 0 Å². The first-order valence-electron chi connectivity index (χ1n) is 6.96. The highest BCUT2D eigenvalue weighted by atomic mass is 16.5. The van der Waals surface area contributed by atoms with Crippen LogP contribution in [0.15, 0.2) is 24.3 Å². The molecule has 1 fully saturated rings. The van der Waals surface area contributed by atoms with Crippen molar-refractivity contribution < 1.29 is 9.47 Å². The number of piperidine rings is 1. The van der Waals surface area contributed by atoms with Gasteiger partial charge in [-0.15, -0.1) is 0 Å². The van der Waals surface area contributed by atoms with E-state index >= 15 is 0 Å². The van der Waals surface area contributed by atoms with Gasteiger partial charge in [-0.05, 0) is 31.9 Å². The molecule has 1 aliphatic heterocycles. The van der Waals surface area contributed by atoms with Gasteiger partial charge in [0.2, 0.25) is 0 Å². The summed E-state index contributed by atoms with van der Waals surface area (Å²) in [6.45, 7) is 4.62. The molecule has 1 unspecified atom stereocenters. The molecule has 4 nitrogen and oxygen atoms in total. The van der Waals surface area contributed by atoms with Crippen LogP contribution in [0.1, 0.15) is 19.8 Å². The second kappa shape index (κ2) is 6.78. The minimum atomic E-state index is 0.0539. The quantitative estimate of drug-likeness (QED) is 0.884. The van der Waals surface area contributed by atoms with Crippen LogP contribution in [0.4, 0.5) is 5.69 Å². The Bertz CT molecular complexity index is 389. The van der Waals surface area contributed by atoms with Crippen LogP contribution >= 0.6 is 0 Å².